The summed E-state index contributed by atoms with van der Waals surface area (Å²) < 4.78 is 4.53. The number of hydrogen-bond acceptors (Lipinski definition) is 6. The molecule has 0 bridgehead atoms. The van der Waals surface area contributed by atoms with E-state index in [0.717, 1.165) is 15.0 Å². The molecule has 0 aromatic carbocycles. The van der Waals surface area contributed by atoms with Crippen LogP contribution >= 0.6 is 0 Å². The van der Waals surface area contributed by atoms with Gasteiger partial charge in [-0.1, -0.05) is 0 Å². The van der Waals surface area contributed by atoms with Gasteiger partial charge in [0.2, 0.25) is 17.7 Å². The molecular formula is C8H17BN4O5. The van der Waals surface area contributed by atoms with Crippen molar-refractivity contribution in [1.29, 1.82) is 0 Å². The predicted molar refractivity (Wildman–Crippen MR) is 63.2 cm³/mol. The number of carbonyl (C=O) groups excluding carboxylic acids is 3. The Labute approximate surface area is 105 Å². The van der Waals surface area contributed by atoms with Crippen LogP contribution in [-0.2, 0) is 19.0 Å². The first-order valence-corrected chi connectivity index (χ1v) is 5.11. The lowest BCUT2D eigenvalue weighted by atomic mass is 10.3. The Kier molecular flexibility index (Phi) is 6.94. The predicted octanol–water partition coefficient (Wildman–Crippen LogP) is -3.91. The third kappa shape index (κ3) is 6.83. The van der Waals surface area contributed by atoms with Crippen molar-refractivity contribution < 1.29 is 24.1 Å². The van der Waals surface area contributed by atoms with Crippen molar-refractivity contribution in [3.8, 4) is 0 Å². The molecule has 0 aliphatic heterocycles. The van der Waals surface area contributed by atoms with Gasteiger partial charge in [-0.25, -0.2) is 0 Å². The van der Waals surface area contributed by atoms with Crippen molar-refractivity contribution in [2.75, 3.05) is 13.7 Å². The Morgan fingerprint density at radius 1 is 1.28 bits per heavy atom. The van der Waals surface area contributed by atoms with Crippen LogP contribution in [-0.4, -0.2) is 50.6 Å². The zero-order valence-electron chi connectivity index (χ0n) is 10.5. The van der Waals surface area contributed by atoms with Gasteiger partial charge in [0.25, 0.3) is 8.05 Å². The van der Waals surface area contributed by atoms with Crippen molar-refractivity contribution in [2.45, 2.75) is 19.4 Å². The number of carbonyl (C=O) groups is 3. The molecular weight excluding hydrogens is 243 g/mol. The third-order valence-corrected chi connectivity index (χ3v) is 1.73. The van der Waals surface area contributed by atoms with Gasteiger partial charge in [-0.3, -0.25) is 25.0 Å². The number of aliphatic hydroxyl groups is 1. The minimum atomic E-state index is -2.33. The van der Waals surface area contributed by atoms with E-state index in [1.54, 1.807) is 7.05 Å². The standard InChI is InChI=1S/C8H17BN4O5/c1-5(14)12-8(17,18-9)13-7(16)3-6(15)11-4-10-2/h10,17H,3-4,9H2,1-2H3,(H,11,15)(H,12,14)(H,13,16). The molecule has 0 fully saturated rings. The van der Waals surface area contributed by atoms with E-state index in [2.05, 4.69) is 15.3 Å². The van der Waals surface area contributed by atoms with E-state index in [4.69, 9.17) is 0 Å². The molecule has 10 heteroatoms. The van der Waals surface area contributed by atoms with Crippen LogP contribution in [0, 0.1) is 0 Å². The average molecular weight is 260 g/mol. The topological polar surface area (TPSA) is 129 Å². The highest BCUT2D eigenvalue weighted by Crippen LogP contribution is 1.96. The maximum Gasteiger partial charge on any atom is 0.325 e. The largest absolute Gasteiger partial charge is 0.385 e. The van der Waals surface area contributed by atoms with Gasteiger partial charge in [0.15, 0.2) is 0 Å². The minimum absolute atomic E-state index is 0.215. The van der Waals surface area contributed by atoms with E-state index in [-0.39, 0.29) is 6.67 Å². The van der Waals surface area contributed by atoms with Gasteiger partial charge in [-0.15, -0.1) is 0 Å². The molecule has 0 rings (SSSR count). The summed E-state index contributed by atoms with van der Waals surface area (Å²) in [6, 6.07) is -2.33. The van der Waals surface area contributed by atoms with Gasteiger partial charge in [-0.2, -0.15) is 0 Å². The molecule has 0 aliphatic carbocycles. The van der Waals surface area contributed by atoms with E-state index >= 15 is 0 Å². The van der Waals surface area contributed by atoms with Crippen LogP contribution in [0.3, 0.4) is 0 Å². The van der Waals surface area contributed by atoms with Crippen LogP contribution in [0.1, 0.15) is 13.3 Å². The second-order valence-electron chi connectivity index (χ2n) is 3.38. The van der Waals surface area contributed by atoms with Gasteiger partial charge >= 0.3 is 6.03 Å². The summed E-state index contributed by atoms with van der Waals surface area (Å²) in [7, 11) is 2.71. The lowest BCUT2D eigenvalue weighted by Crippen LogP contribution is -2.62. The molecule has 102 valence electrons. The highest BCUT2D eigenvalue weighted by Gasteiger charge is 2.29. The van der Waals surface area contributed by atoms with Gasteiger partial charge < -0.3 is 20.4 Å². The second kappa shape index (κ2) is 7.64. The highest BCUT2D eigenvalue weighted by molar-refractivity contribution is 5.99. The lowest BCUT2D eigenvalue weighted by Gasteiger charge is -2.27. The summed E-state index contributed by atoms with van der Waals surface area (Å²) >= 11 is 0. The van der Waals surface area contributed by atoms with E-state index in [1.807, 2.05) is 10.6 Å². The van der Waals surface area contributed by atoms with E-state index in [1.165, 1.54) is 0 Å². The first-order chi connectivity index (χ1) is 8.33. The Bertz CT molecular complexity index is 327. The molecule has 18 heavy (non-hydrogen) atoms. The van der Waals surface area contributed by atoms with Crippen molar-refractivity contribution >= 4 is 25.8 Å². The molecule has 5 N–H and O–H groups in total. The van der Waals surface area contributed by atoms with Gasteiger partial charge in [0.1, 0.15) is 6.42 Å². The molecule has 0 aromatic rings. The Morgan fingerprint density at radius 3 is 2.33 bits per heavy atom. The minimum Gasteiger partial charge on any atom is -0.385 e. The Balaban J connectivity index is 4.27. The number of rotatable bonds is 7. The van der Waals surface area contributed by atoms with Crippen molar-refractivity contribution in [3.05, 3.63) is 0 Å². The summed E-state index contributed by atoms with van der Waals surface area (Å²) in [5.41, 5.74) is 0. The first kappa shape index (κ1) is 16.4. The van der Waals surface area contributed by atoms with Crippen molar-refractivity contribution in [3.63, 3.8) is 0 Å². The molecule has 0 aromatic heterocycles. The number of nitrogens with one attached hydrogen (secondary N) is 4. The monoisotopic (exact) mass is 260 g/mol. The Morgan fingerprint density at radius 2 is 1.89 bits per heavy atom. The van der Waals surface area contributed by atoms with Crippen molar-refractivity contribution in [1.82, 2.24) is 21.3 Å². The van der Waals surface area contributed by atoms with Gasteiger partial charge in [0.05, 0.1) is 6.67 Å². The normalized spacial score (nSPS) is 13.3. The van der Waals surface area contributed by atoms with E-state index < -0.39 is 30.2 Å². The molecule has 0 saturated heterocycles. The number of amides is 3. The number of hydrogen-bond donors (Lipinski definition) is 5. The molecule has 0 aliphatic rings. The molecule has 1 unspecified atom stereocenters. The lowest BCUT2D eigenvalue weighted by molar-refractivity contribution is -0.192. The van der Waals surface area contributed by atoms with Crippen LogP contribution < -0.4 is 21.3 Å². The zero-order chi connectivity index (χ0) is 14.2. The fourth-order valence-electron chi connectivity index (χ4n) is 1.00. The maximum atomic E-state index is 11.4. The smallest absolute Gasteiger partial charge is 0.325 e. The summed E-state index contributed by atoms with van der Waals surface area (Å²) in [5.74, 6) is -1.95. The fourth-order valence-corrected chi connectivity index (χ4v) is 1.00. The van der Waals surface area contributed by atoms with Crippen molar-refractivity contribution in [2.24, 2.45) is 0 Å². The molecule has 9 nitrogen and oxygen atoms in total. The summed E-state index contributed by atoms with van der Waals surface area (Å²) in [6.45, 7) is 1.35. The van der Waals surface area contributed by atoms with Gasteiger partial charge in [-0.05, 0) is 7.05 Å². The van der Waals surface area contributed by atoms with E-state index in [0.29, 0.717) is 0 Å². The SMILES string of the molecule is BOC(O)(NC(C)=O)NC(=O)CC(=O)NCNC. The summed E-state index contributed by atoms with van der Waals surface area (Å²) in [4.78, 5) is 33.3. The van der Waals surface area contributed by atoms with Crippen LogP contribution in [0.2, 0.25) is 0 Å². The maximum absolute atomic E-state index is 11.4. The molecule has 0 saturated carbocycles. The zero-order valence-corrected chi connectivity index (χ0v) is 10.5. The molecule has 1 atom stereocenters. The molecule has 0 heterocycles. The summed E-state index contributed by atoms with van der Waals surface area (Å²) in [5, 5.41) is 18.6. The fraction of sp³-hybridized carbons (Fsp3) is 0.625. The summed E-state index contributed by atoms with van der Waals surface area (Å²) in [6.07, 6.45) is -0.507. The molecule has 0 radical (unpaired) electrons. The second-order valence-corrected chi connectivity index (χ2v) is 3.38. The van der Waals surface area contributed by atoms with Crippen LogP contribution in [0.15, 0.2) is 0 Å². The van der Waals surface area contributed by atoms with Gasteiger partial charge in [0, 0.05) is 6.92 Å². The van der Waals surface area contributed by atoms with E-state index in [9.17, 15) is 19.5 Å². The molecule has 3 amide bonds. The first-order valence-electron chi connectivity index (χ1n) is 5.11. The Hall–Kier alpha value is -1.65. The average Bonchev–Trinajstić information content (AvgIpc) is 2.24. The highest BCUT2D eigenvalue weighted by atomic mass is 16.6. The van der Waals surface area contributed by atoms with Crippen LogP contribution in [0.4, 0.5) is 0 Å². The molecule has 0 spiro atoms. The quantitative estimate of drug-likeness (QED) is 0.181. The van der Waals surface area contributed by atoms with Crippen LogP contribution in [0.25, 0.3) is 0 Å². The third-order valence-electron chi connectivity index (χ3n) is 1.73. The van der Waals surface area contributed by atoms with Crippen LogP contribution in [0.5, 0.6) is 0 Å².